The standard InChI is InChI=1S/C18H16Cl2N4/c1-2-11-3-4-13(20)9-15(11)16-10-17(24-18(21)23-16)22-14-7-5-12(19)6-8-14/h3-10H,2H2,1H3,(H3,21,22,23,24). The van der Waals surface area contributed by atoms with Crippen molar-refractivity contribution in [2.24, 2.45) is 0 Å². The second kappa shape index (κ2) is 7.07. The largest absolute Gasteiger partial charge is 0.368 e. The number of nitrogens with one attached hydrogen (secondary N) is 1. The first-order chi connectivity index (χ1) is 11.5. The van der Waals surface area contributed by atoms with Gasteiger partial charge in [-0.1, -0.05) is 36.2 Å². The van der Waals surface area contributed by atoms with Crippen LogP contribution in [0.4, 0.5) is 17.5 Å². The molecule has 4 nitrogen and oxygen atoms in total. The molecule has 122 valence electrons. The van der Waals surface area contributed by atoms with E-state index in [1.54, 1.807) is 0 Å². The highest BCUT2D eigenvalue weighted by Crippen LogP contribution is 2.29. The normalized spacial score (nSPS) is 10.6. The van der Waals surface area contributed by atoms with Crippen LogP contribution in [-0.2, 0) is 6.42 Å². The molecule has 3 aromatic rings. The number of halogens is 2. The Labute approximate surface area is 150 Å². The Morgan fingerprint density at radius 1 is 0.958 bits per heavy atom. The van der Waals surface area contributed by atoms with E-state index in [9.17, 15) is 0 Å². The summed E-state index contributed by atoms with van der Waals surface area (Å²) in [6.45, 7) is 2.09. The number of rotatable bonds is 4. The van der Waals surface area contributed by atoms with Gasteiger partial charge in [0, 0.05) is 27.4 Å². The first kappa shape index (κ1) is 16.6. The second-order valence-corrected chi connectivity index (χ2v) is 6.16. The molecule has 1 aromatic heterocycles. The zero-order valence-electron chi connectivity index (χ0n) is 13.1. The molecule has 0 aliphatic rings. The Balaban J connectivity index is 2.00. The number of aryl methyl sites for hydroxylation is 1. The lowest BCUT2D eigenvalue weighted by atomic mass is 10.0. The van der Waals surface area contributed by atoms with Gasteiger partial charge in [0.05, 0.1) is 5.69 Å². The zero-order valence-corrected chi connectivity index (χ0v) is 14.6. The third-order valence-electron chi connectivity index (χ3n) is 3.59. The van der Waals surface area contributed by atoms with E-state index in [-0.39, 0.29) is 5.95 Å². The van der Waals surface area contributed by atoms with Crippen molar-refractivity contribution in [2.75, 3.05) is 11.1 Å². The second-order valence-electron chi connectivity index (χ2n) is 5.28. The van der Waals surface area contributed by atoms with Crippen molar-refractivity contribution < 1.29 is 0 Å². The van der Waals surface area contributed by atoms with E-state index in [4.69, 9.17) is 28.9 Å². The molecule has 0 amide bonds. The van der Waals surface area contributed by atoms with E-state index in [0.717, 1.165) is 28.9 Å². The van der Waals surface area contributed by atoms with Crippen molar-refractivity contribution in [3.63, 3.8) is 0 Å². The quantitative estimate of drug-likeness (QED) is 0.660. The van der Waals surface area contributed by atoms with Crippen molar-refractivity contribution >= 4 is 40.7 Å². The molecule has 0 saturated heterocycles. The number of anilines is 3. The summed E-state index contributed by atoms with van der Waals surface area (Å²) in [6, 6.07) is 15.0. The summed E-state index contributed by atoms with van der Waals surface area (Å²) in [4.78, 5) is 8.60. The molecule has 2 aromatic carbocycles. The van der Waals surface area contributed by atoms with Crippen LogP contribution in [0.25, 0.3) is 11.3 Å². The fraction of sp³-hybridized carbons (Fsp3) is 0.111. The summed E-state index contributed by atoms with van der Waals surface area (Å²) in [6.07, 6.45) is 0.871. The lowest BCUT2D eigenvalue weighted by Crippen LogP contribution is -2.02. The minimum atomic E-state index is 0.200. The molecule has 1 heterocycles. The Kier molecular flexibility index (Phi) is 4.88. The van der Waals surface area contributed by atoms with E-state index >= 15 is 0 Å². The number of nitrogens with two attached hydrogens (primary N) is 1. The van der Waals surface area contributed by atoms with Crippen molar-refractivity contribution in [3.05, 3.63) is 64.1 Å². The molecule has 0 spiro atoms. The van der Waals surface area contributed by atoms with Crippen LogP contribution in [-0.4, -0.2) is 9.97 Å². The molecule has 0 saturated carbocycles. The van der Waals surface area contributed by atoms with Crippen LogP contribution in [0.15, 0.2) is 48.5 Å². The third-order valence-corrected chi connectivity index (χ3v) is 4.08. The fourth-order valence-electron chi connectivity index (χ4n) is 2.44. The van der Waals surface area contributed by atoms with Gasteiger partial charge in [-0.3, -0.25) is 0 Å². The number of benzene rings is 2. The first-order valence-electron chi connectivity index (χ1n) is 7.51. The summed E-state index contributed by atoms with van der Waals surface area (Å²) in [5, 5.41) is 4.55. The van der Waals surface area contributed by atoms with Gasteiger partial charge in [0.1, 0.15) is 5.82 Å². The molecular formula is C18H16Cl2N4. The smallest absolute Gasteiger partial charge is 0.222 e. The molecule has 0 bridgehead atoms. The number of hydrogen-bond donors (Lipinski definition) is 2. The lowest BCUT2D eigenvalue weighted by Gasteiger charge is -2.11. The maximum atomic E-state index is 6.15. The summed E-state index contributed by atoms with van der Waals surface area (Å²) >= 11 is 12.1. The molecule has 0 atom stereocenters. The van der Waals surface area contributed by atoms with E-state index in [2.05, 4.69) is 22.2 Å². The molecular weight excluding hydrogens is 343 g/mol. The molecule has 0 aliphatic heterocycles. The van der Waals surface area contributed by atoms with Crippen molar-refractivity contribution in [2.45, 2.75) is 13.3 Å². The van der Waals surface area contributed by atoms with Crippen LogP contribution in [0.2, 0.25) is 10.0 Å². The minimum absolute atomic E-state index is 0.200. The molecule has 3 rings (SSSR count). The molecule has 0 unspecified atom stereocenters. The zero-order chi connectivity index (χ0) is 17.1. The number of aromatic nitrogens is 2. The number of nitrogen functional groups attached to an aromatic ring is 1. The highest BCUT2D eigenvalue weighted by Gasteiger charge is 2.10. The van der Waals surface area contributed by atoms with Gasteiger partial charge >= 0.3 is 0 Å². The monoisotopic (exact) mass is 358 g/mol. The third kappa shape index (κ3) is 3.78. The van der Waals surface area contributed by atoms with E-state index in [1.165, 1.54) is 0 Å². The summed E-state index contributed by atoms with van der Waals surface area (Å²) in [5.74, 6) is 0.813. The van der Waals surface area contributed by atoms with Gasteiger partial charge in [-0.15, -0.1) is 0 Å². The Bertz CT molecular complexity index is 863. The van der Waals surface area contributed by atoms with Crippen LogP contribution in [0.5, 0.6) is 0 Å². The molecule has 0 radical (unpaired) electrons. The summed E-state index contributed by atoms with van der Waals surface area (Å²) < 4.78 is 0. The molecule has 3 N–H and O–H groups in total. The van der Waals surface area contributed by atoms with Crippen LogP contribution in [0, 0.1) is 0 Å². The van der Waals surface area contributed by atoms with Gasteiger partial charge in [-0.2, -0.15) is 4.98 Å². The van der Waals surface area contributed by atoms with Crippen LogP contribution >= 0.6 is 23.2 Å². The van der Waals surface area contributed by atoms with Crippen molar-refractivity contribution in [3.8, 4) is 11.3 Å². The topological polar surface area (TPSA) is 63.8 Å². The summed E-state index contributed by atoms with van der Waals surface area (Å²) in [7, 11) is 0. The molecule has 0 fully saturated rings. The SMILES string of the molecule is CCc1ccc(Cl)cc1-c1cc(Nc2ccc(Cl)cc2)nc(N)n1. The number of nitrogens with zero attached hydrogens (tertiary/aromatic N) is 2. The first-order valence-corrected chi connectivity index (χ1v) is 8.26. The van der Waals surface area contributed by atoms with E-state index in [0.29, 0.717) is 15.9 Å². The van der Waals surface area contributed by atoms with E-state index in [1.807, 2.05) is 48.5 Å². The average Bonchev–Trinajstić information content (AvgIpc) is 2.56. The van der Waals surface area contributed by atoms with Crippen molar-refractivity contribution in [1.29, 1.82) is 0 Å². The molecule has 0 aliphatic carbocycles. The van der Waals surface area contributed by atoms with E-state index < -0.39 is 0 Å². The summed E-state index contributed by atoms with van der Waals surface area (Å²) in [5.41, 5.74) is 9.59. The minimum Gasteiger partial charge on any atom is -0.368 e. The highest BCUT2D eigenvalue weighted by atomic mass is 35.5. The predicted octanol–water partition coefficient (Wildman–Crippen LogP) is 5.34. The maximum absolute atomic E-state index is 6.15. The van der Waals surface area contributed by atoms with Gasteiger partial charge in [0.25, 0.3) is 0 Å². The molecule has 6 heteroatoms. The highest BCUT2D eigenvalue weighted by molar-refractivity contribution is 6.31. The van der Waals surface area contributed by atoms with Gasteiger partial charge in [-0.05, 0) is 48.4 Å². The maximum Gasteiger partial charge on any atom is 0.222 e. The fourth-order valence-corrected chi connectivity index (χ4v) is 2.74. The Morgan fingerprint density at radius 2 is 1.67 bits per heavy atom. The van der Waals surface area contributed by atoms with Crippen LogP contribution in [0.3, 0.4) is 0 Å². The Morgan fingerprint density at radius 3 is 2.38 bits per heavy atom. The Hall–Kier alpha value is -2.30. The molecule has 24 heavy (non-hydrogen) atoms. The number of hydrogen-bond acceptors (Lipinski definition) is 4. The van der Waals surface area contributed by atoms with Crippen molar-refractivity contribution in [1.82, 2.24) is 9.97 Å². The average molecular weight is 359 g/mol. The lowest BCUT2D eigenvalue weighted by molar-refractivity contribution is 1.12. The van der Waals surface area contributed by atoms with Gasteiger partial charge in [0.2, 0.25) is 5.95 Å². The van der Waals surface area contributed by atoms with Crippen LogP contribution in [0.1, 0.15) is 12.5 Å². The predicted molar refractivity (Wildman–Crippen MR) is 101 cm³/mol. The van der Waals surface area contributed by atoms with Crippen LogP contribution < -0.4 is 11.1 Å². The van der Waals surface area contributed by atoms with Gasteiger partial charge < -0.3 is 11.1 Å². The van der Waals surface area contributed by atoms with Gasteiger partial charge in [-0.25, -0.2) is 4.98 Å². The van der Waals surface area contributed by atoms with Gasteiger partial charge in [0.15, 0.2) is 0 Å².